The highest BCUT2D eigenvalue weighted by Crippen LogP contribution is 2.18. The van der Waals surface area contributed by atoms with Crippen LogP contribution in [-0.2, 0) is 0 Å². The number of para-hydroxylation sites is 1. The highest BCUT2D eigenvalue weighted by atomic mass is 16.5. The molecule has 0 saturated heterocycles. The van der Waals surface area contributed by atoms with Crippen LogP contribution in [0.3, 0.4) is 0 Å². The van der Waals surface area contributed by atoms with Crippen LogP contribution < -0.4 is 11.2 Å². The van der Waals surface area contributed by atoms with Crippen molar-refractivity contribution in [3.05, 3.63) is 24.3 Å². The second-order valence-electron chi connectivity index (χ2n) is 2.56. The van der Waals surface area contributed by atoms with Gasteiger partial charge in [-0.1, -0.05) is 12.1 Å². The molecule has 2 aromatic rings. The van der Waals surface area contributed by atoms with Crippen LogP contribution in [0.2, 0.25) is 0 Å². The zero-order valence-electron chi connectivity index (χ0n) is 6.73. The lowest BCUT2D eigenvalue weighted by Crippen LogP contribution is -2.01. The molecule has 2 rings (SSSR count). The van der Waals surface area contributed by atoms with E-state index in [1.54, 1.807) is 6.07 Å². The molecule has 1 aromatic carbocycles. The van der Waals surface area contributed by atoms with Crippen LogP contribution in [0.4, 0.5) is 11.8 Å². The number of nitrogen functional groups attached to an aromatic ring is 1. The Kier molecular flexibility index (Phi) is 1.71. The van der Waals surface area contributed by atoms with E-state index in [4.69, 9.17) is 10.9 Å². The average molecular weight is 176 g/mol. The van der Waals surface area contributed by atoms with Gasteiger partial charge in [-0.05, 0) is 12.1 Å². The summed E-state index contributed by atoms with van der Waals surface area (Å²) in [7, 11) is 0. The number of aromatic nitrogens is 2. The first kappa shape index (κ1) is 7.75. The summed E-state index contributed by atoms with van der Waals surface area (Å²) < 4.78 is 0. The zero-order chi connectivity index (χ0) is 9.26. The first-order valence-electron chi connectivity index (χ1n) is 3.73. The molecule has 0 aliphatic rings. The fourth-order valence-electron chi connectivity index (χ4n) is 1.15. The van der Waals surface area contributed by atoms with Gasteiger partial charge in [0.1, 0.15) is 5.82 Å². The largest absolute Gasteiger partial charge is 0.383 e. The van der Waals surface area contributed by atoms with E-state index in [0.717, 1.165) is 5.39 Å². The Morgan fingerprint density at radius 1 is 1.23 bits per heavy atom. The summed E-state index contributed by atoms with van der Waals surface area (Å²) in [6.45, 7) is 0. The summed E-state index contributed by atoms with van der Waals surface area (Å²) in [5, 5.41) is 9.37. The molecule has 0 spiro atoms. The van der Waals surface area contributed by atoms with Gasteiger partial charge in [-0.25, -0.2) is 10.5 Å². The standard InChI is InChI=1S/C8H8N4O/c9-7-5-3-1-2-4-6(5)10-8(11-7)12-13/h1-4,13H,(H3,9,10,11,12). The van der Waals surface area contributed by atoms with Crippen LogP contribution in [0, 0.1) is 0 Å². The van der Waals surface area contributed by atoms with Gasteiger partial charge in [-0.2, -0.15) is 4.98 Å². The summed E-state index contributed by atoms with van der Waals surface area (Å²) in [6, 6.07) is 7.32. The van der Waals surface area contributed by atoms with Gasteiger partial charge in [0, 0.05) is 5.39 Å². The molecular formula is C8H8N4O. The van der Waals surface area contributed by atoms with Crippen LogP contribution in [0.25, 0.3) is 10.9 Å². The second kappa shape index (κ2) is 2.87. The van der Waals surface area contributed by atoms with Gasteiger partial charge in [0.15, 0.2) is 0 Å². The van der Waals surface area contributed by atoms with E-state index >= 15 is 0 Å². The van der Waals surface area contributed by atoms with E-state index in [9.17, 15) is 0 Å². The number of rotatable bonds is 1. The molecule has 0 saturated carbocycles. The highest BCUT2D eigenvalue weighted by Gasteiger charge is 2.02. The van der Waals surface area contributed by atoms with Crippen molar-refractivity contribution >= 4 is 22.7 Å². The number of nitrogens with two attached hydrogens (primary N) is 1. The molecule has 1 aromatic heterocycles. The molecule has 0 unspecified atom stereocenters. The number of anilines is 2. The van der Waals surface area contributed by atoms with Crippen LogP contribution >= 0.6 is 0 Å². The van der Waals surface area contributed by atoms with Gasteiger partial charge >= 0.3 is 0 Å². The van der Waals surface area contributed by atoms with Crippen molar-refractivity contribution in [1.82, 2.24) is 9.97 Å². The molecule has 4 N–H and O–H groups in total. The van der Waals surface area contributed by atoms with Crippen LogP contribution in [0.15, 0.2) is 24.3 Å². The molecule has 0 radical (unpaired) electrons. The summed E-state index contributed by atoms with van der Waals surface area (Å²) in [5.74, 6) is 0.457. The van der Waals surface area contributed by atoms with Crippen molar-refractivity contribution < 1.29 is 5.21 Å². The molecule has 5 heteroatoms. The van der Waals surface area contributed by atoms with Gasteiger partial charge in [-0.15, -0.1) is 0 Å². The number of nitrogens with one attached hydrogen (secondary N) is 1. The molecule has 13 heavy (non-hydrogen) atoms. The second-order valence-corrected chi connectivity index (χ2v) is 2.56. The molecule has 0 atom stereocenters. The lowest BCUT2D eigenvalue weighted by atomic mass is 10.2. The summed E-state index contributed by atoms with van der Waals surface area (Å²) in [6.07, 6.45) is 0. The number of benzene rings is 1. The number of hydrogen-bond acceptors (Lipinski definition) is 5. The third-order valence-corrected chi connectivity index (χ3v) is 1.73. The average Bonchev–Trinajstić information content (AvgIpc) is 2.18. The van der Waals surface area contributed by atoms with E-state index in [2.05, 4.69) is 9.97 Å². The third kappa shape index (κ3) is 1.25. The smallest absolute Gasteiger partial charge is 0.249 e. The van der Waals surface area contributed by atoms with Gasteiger partial charge in [0.25, 0.3) is 0 Å². The van der Waals surface area contributed by atoms with Crippen LogP contribution in [-0.4, -0.2) is 15.2 Å². The quantitative estimate of drug-likeness (QED) is 0.565. The Hall–Kier alpha value is -1.88. The predicted octanol–water partition coefficient (Wildman–Crippen LogP) is 1.01. The first-order valence-corrected chi connectivity index (χ1v) is 3.73. The molecule has 5 nitrogen and oxygen atoms in total. The van der Waals surface area contributed by atoms with E-state index in [0.29, 0.717) is 11.3 Å². The molecular weight excluding hydrogens is 168 g/mol. The Bertz CT molecular complexity index is 443. The minimum atomic E-state index is 0.108. The summed E-state index contributed by atoms with van der Waals surface area (Å²) in [5.41, 5.74) is 8.19. The van der Waals surface area contributed by atoms with Crippen molar-refractivity contribution in [2.24, 2.45) is 0 Å². The Labute approximate surface area is 74.2 Å². The fourth-order valence-corrected chi connectivity index (χ4v) is 1.15. The topological polar surface area (TPSA) is 84.1 Å². The maximum Gasteiger partial charge on any atom is 0.249 e. The van der Waals surface area contributed by atoms with E-state index in [1.165, 1.54) is 0 Å². The maximum atomic E-state index is 8.59. The Balaban J connectivity index is 2.77. The highest BCUT2D eigenvalue weighted by molar-refractivity contribution is 5.88. The van der Waals surface area contributed by atoms with Crippen molar-refractivity contribution in [1.29, 1.82) is 0 Å². The Morgan fingerprint density at radius 2 is 2.00 bits per heavy atom. The fraction of sp³-hybridized carbons (Fsp3) is 0. The predicted molar refractivity (Wildman–Crippen MR) is 49.4 cm³/mol. The maximum absolute atomic E-state index is 8.59. The first-order chi connectivity index (χ1) is 6.31. The Morgan fingerprint density at radius 3 is 2.77 bits per heavy atom. The van der Waals surface area contributed by atoms with Gasteiger partial charge in [-0.3, -0.25) is 5.21 Å². The zero-order valence-corrected chi connectivity index (χ0v) is 6.73. The molecule has 0 amide bonds. The molecule has 0 bridgehead atoms. The molecule has 0 fully saturated rings. The minimum Gasteiger partial charge on any atom is -0.383 e. The molecule has 0 aliphatic heterocycles. The van der Waals surface area contributed by atoms with Crippen molar-refractivity contribution in [2.45, 2.75) is 0 Å². The van der Waals surface area contributed by atoms with Gasteiger partial charge in [0.2, 0.25) is 5.95 Å². The number of nitrogens with zero attached hydrogens (tertiary/aromatic N) is 2. The van der Waals surface area contributed by atoms with Crippen molar-refractivity contribution in [2.75, 3.05) is 11.2 Å². The molecule has 0 aliphatic carbocycles. The normalized spacial score (nSPS) is 10.2. The summed E-state index contributed by atoms with van der Waals surface area (Å²) >= 11 is 0. The summed E-state index contributed by atoms with van der Waals surface area (Å²) in [4.78, 5) is 7.83. The monoisotopic (exact) mass is 176 g/mol. The number of hydrogen-bond donors (Lipinski definition) is 3. The lowest BCUT2D eigenvalue weighted by Gasteiger charge is -2.02. The molecule has 66 valence electrons. The molecule has 1 heterocycles. The van der Waals surface area contributed by atoms with E-state index in [1.807, 2.05) is 23.7 Å². The van der Waals surface area contributed by atoms with Crippen LogP contribution in [0.5, 0.6) is 0 Å². The minimum absolute atomic E-state index is 0.108. The number of fused-ring (bicyclic) bond motifs is 1. The van der Waals surface area contributed by atoms with Gasteiger partial charge in [0.05, 0.1) is 5.52 Å². The third-order valence-electron chi connectivity index (χ3n) is 1.73. The van der Waals surface area contributed by atoms with E-state index < -0.39 is 0 Å². The van der Waals surface area contributed by atoms with Crippen LogP contribution in [0.1, 0.15) is 0 Å². The lowest BCUT2D eigenvalue weighted by molar-refractivity contribution is 0.383. The van der Waals surface area contributed by atoms with E-state index in [-0.39, 0.29) is 5.95 Å². The van der Waals surface area contributed by atoms with Crippen molar-refractivity contribution in [3.8, 4) is 0 Å². The van der Waals surface area contributed by atoms with Gasteiger partial charge < -0.3 is 5.73 Å². The van der Waals surface area contributed by atoms with Crippen molar-refractivity contribution in [3.63, 3.8) is 0 Å². The SMILES string of the molecule is Nc1nc(NO)nc2ccccc12.